The Bertz CT molecular complexity index is 1100. The van der Waals surface area contributed by atoms with E-state index >= 15 is 0 Å². The van der Waals surface area contributed by atoms with Crippen molar-refractivity contribution < 1.29 is 14.3 Å². The number of carbonyl (C=O) groups is 2. The van der Waals surface area contributed by atoms with Crippen molar-refractivity contribution in [1.82, 2.24) is 9.88 Å². The van der Waals surface area contributed by atoms with Gasteiger partial charge in [-0.1, -0.05) is 35.9 Å². The average Bonchev–Trinajstić information content (AvgIpc) is 2.85. The van der Waals surface area contributed by atoms with Crippen molar-refractivity contribution in [2.75, 3.05) is 13.1 Å². The Morgan fingerprint density at radius 3 is 2.18 bits per heavy atom. The molecule has 0 aliphatic carbocycles. The summed E-state index contributed by atoms with van der Waals surface area (Å²) in [4.78, 5) is 30.7. The molecule has 1 aliphatic rings. The summed E-state index contributed by atoms with van der Waals surface area (Å²) in [7, 11) is 0. The highest BCUT2D eigenvalue weighted by atomic mass is 16.5. The van der Waals surface area contributed by atoms with Crippen LogP contribution in [0.25, 0.3) is 11.1 Å². The normalized spacial score (nSPS) is 15.2. The minimum Gasteiger partial charge on any atom is -0.481 e. The fourth-order valence-corrected chi connectivity index (χ4v) is 4.17. The number of nitrogens with two attached hydrogens (primary N) is 1. The first-order valence-electron chi connectivity index (χ1n) is 11.3. The van der Waals surface area contributed by atoms with Crippen LogP contribution in [0.15, 0.2) is 66.9 Å². The fraction of sp³-hybridized carbons (Fsp3) is 0.296. The maximum atomic E-state index is 12.8. The molecule has 0 radical (unpaired) electrons. The van der Waals surface area contributed by atoms with E-state index in [1.807, 2.05) is 61.3 Å². The summed E-state index contributed by atoms with van der Waals surface area (Å²) in [6.45, 7) is 5.23. The van der Waals surface area contributed by atoms with Crippen LogP contribution in [0, 0.1) is 6.92 Å². The number of aryl methyl sites for hydroxylation is 1. The van der Waals surface area contributed by atoms with Crippen LogP contribution >= 0.6 is 0 Å². The SMILES string of the molecule is Cc1ccc(O[C@@H](C)C(=O)N2CCC(c3ccc(-c4ccc(C(N)=O)cc4)cn3)CC2)cc1. The summed E-state index contributed by atoms with van der Waals surface area (Å²) < 4.78 is 5.84. The molecule has 1 saturated heterocycles. The quantitative estimate of drug-likeness (QED) is 0.614. The number of hydrogen-bond donors (Lipinski definition) is 1. The van der Waals surface area contributed by atoms with Crippen LogP contribution in [-0.4, -0.2) is 40.9 Å². The van der Waals surface area contributed by atoms with Crippen molar-refractivity contribution in [3.05, 3.63) is 83.7 Å². The number of nitrogens with zero attached hydrogens (tertiary/aromatic N) is 2. The molecule has 0 spiro atoms. The first-order valence-corrected chi connectivity index (χ1v) is 11.3. The van der Waals surface area contributed by atoms with Gasteiger partial charge in [0.1, 0.15) is 5.75 Å². The Kier molecular flexibility index (Phi) is 6.73. The number of carbonyl (C=O) groups excluding carboxylic acids is 2. The Hall–Kier alpha value is -3.67. The predicted octanol–water partition coefficient (Wildman–Crippen LogP) is 4.33. The van der Waals surface area contributed by atoms with Crippen molar-refractivity contribution in [3.63, 3.8) is 0 Å². The molecular formula is C27H29N3O3. The van der Waals surface area contributed by atoms with Crippen molar-refractivity contribution in [2.24, 2.45) is 5.73 Å². The zero-order chi connectivity index (χ0) is 23.4. The van der Waals surface area contributed by atoms with E-state index in [1.165, 1.54) is 0 Å². The van der Waals surface area contributed by atoms with Crippen LogP contribution in [0.2, 0.25) is 0 Å². The maximum Gasteiger partial charge on any atom is 0.263 e. The average molecular weight is 444 g/mol. The molecule has 1 aliphatic heterocycles. The van der Waals surface area contributed by atoms with Crippen LogP contribution in [0.1, 0.15) is 47.3 Å². The summed E-state index contributed by atoms with van der Waals surface area (Å²) in [6.07, 6.45) is 3.11. The van der Waals surface area contributed by atoms with Gasteiger partial charge in [0.25, 0.3) is 5.91 Å². The van der Waals surface area contributed by atoms with E-state index < -0.39 is 12.0 Å². The molecule has 6 nitrogen and oxygen atoms in total. The molecule has 2 heterocycles. The molecule has 0 unspecified atom stereocenters. The summed E-state index contributed by atoms with van der Waals surface area (Å²) in [5.74, 6) is 0.631. The van der Waals surface area contributed by atoms with E-state index in [0.29, 0.717) is 30.3 Å². The summed E-state index contributed by atoms with van der Waals surface area (Å²) in [5, 5.41) is 0. The molecular weight excluding hydrogens is 414 g/mol. The van der Waals surface area contributed by atoms with Crippen molar-refractivity contribution in [1.29, 1.82) is 0 Å². The second kappa shape index (κ2) is 9.86. The summed E-state index contributed by atoms with van der Waals surface area (Å²) in [6, 6.07) is 19.1. The number of pyridine rings is 1. The highest BCUT2D eigenvalue weighted by Crippen LogP contribution is 2.29. The molecule has 1 fully saturated rings. The molecule has 6 heteroatoms. The molecule has 0 bridgehead atoms. The number of hydrogen-bond acceptors (Lipinski definition) is 4. The topological polar surface area (TPSA) is 85.5 Å². The first kappa shape index (κ1) is 22.5. The third-order valence-corrected chi connectivity index (χ3v) is 6.20. The number of primary amides is 1. The van der Waals surface area contributed by atoms with Crippen molar-refractivity contribution in [3.8, 4) is 16.9 Å². The number of rotatable bonds is 6. The van der Waals surface area contributed by atoms with Crippen LogP contribution in [0.3, 0.4) is 0 Å². The van der Waals surface area contributed by atoms with Gasteiger partial charge in [-0.15, -0.1) is 0 Å². The lowest BCUT2D eigenvalue weighted by Crippen LogP contribution is -2.44. The van der Waals surface area contributed by atoms with Gasteiger partial charge in [0.2, 0.25) is 5.91 Å². The van der Waals surface area contributed by atoms with Crippen molar-refractivity contribution >= 4 is 11.8 Å². The zero-order valence-electron chi connectivity index (χ0n) is 19.0. The van der Waals surface area contributed by atoms with Crippen LogP contribution < -0.4 is 10.5 Å². The largest absolute Gasteiger partial charge is 0.481 e. The Labute approximate surface area is 194 Å². The second-order valence-electron chi connectivity index (χ2n) is 8.59. The van der Waals surface area contributed by atoms with Crippen LogP contribution in [-0.2, 0) is 4.79 Å². The van der Waals surface area contributed by atoms with Crippen LogP contribution in [0.5, 0.6) is 5.75 Å². The lowest BCUT2D eigenvalue weighted by atomic mass is 9.92. The van der Waals surface area contributed by atoms with Gasteiger partial charge in [-0.2, -0.15) is 0 Å². The molecule has 4 rings (SSSR count). The molecule has 1 aromatic heterocycles. The van der Waals surface area contributed by atoms with Gasteiger partial charge in [-0.25, -0.2) is 0 Å². The van der Waals surface area contributed by atoms with Gasteiger partial charge in [0, 0.05) is 42.0 Å². The Morgan fingerprint density at radius 2 is 1.61 bits per heavy atom. The number of ether oxygens (including phenoxy) is 1. The number of benzene rings is 2. The highest BCUT2D eigenvalue weighted by Gasteiger charge is 2.28. The zero-order valence-corrected chi connectivity index (χ0v) is 19.0. The highest BCUT2D eigenvalue weighted by molar-refractivity contribution is 5.93. The van der Waals surface area contributed by atoms with E-state index in [9.17, 15) is 9.59 Å². The third kappa shape index (κ3) is 5.40. The summed E-state index contributed by atoms with van der Waals surface area (Å²) >= 11 is 0. The first-order chi connectivity index (χ1) is 15.9. The number of aromatic nitrogens is 1. The van der Waals surface area contributed by atoms with Gasteiger partial charge in [0.15, 0.2) is 6.10 Å². The smallest absolute Gasteiger partial charge is 0.263 e. The van der Waals surface area contributed by atoms with Gasteiger partial charge in [0.05, 0.1) is 0 Å². The van der Waals surface area contributed by atoms with Crippen LogP contribution in [0.4, 0.5) is 0 Å². The molecule has 33 heavy (non-hydrogen) atoms. The van der Waals surface area contributed by atoms with Gasteiger partial charge in [-0.05, 0) is 62.6 Å². The standard InChI is InChI=1S/C27H29N3O3/c1-18-3-10-24(11-4-18)33-19(2)27(32)30-15-13-21(14-16-30)25-12-9-23(17-29-25)20-5-7-22(8-6-20)26(28)31/h3-12,17,19,21H,13-16H2,1-2H3,(H2,28,31)/t19-/m0/s1. The van der Waals surface area contributed by atoms with Gasteiger partial charge in [-0.3, -0.25) is 14.6 Å². The minimum atomic E-state index is -0.511. The minimum absolute atomic E-state index is 0.0248. The number of piperidine rings is 1. The lowest BCUT2D eigenvalue weighted by Gasteiger charge is -2.33. The summed E-state index contributed by atoms with van der Waals surface area (Å²) in [5.41, 5.74) is 9.98. The van der Waals surface area contributed by atoms with E-state index in [0.717, 1.165) is 35.2 Å². The Balaban J connectivity index is 1.32. The van der Waals surface area contributed by atoms with Crippen molar-refractivity contribution in [2.45, 2.75) is 38.7 Å². The molecule has 3 aromatic rings. The predicted molar refractivity (Wildman–Crippen MR) is 128 cm³/mol. The van der Waals surface area contributed by atoms with Gasteiger partial charge >= 0.3 is 0 Å². The van der Waals surface area contributed by atoms with E-state index in [4.69, 9.17) is 10.5 Å². The lowest BCUT2D eigenvalue weighted by molar-refractivity contribution is -0.139. The van der Waals surface area contributed by atoms with E-state index in [2.05, 4.69) is 17.1 Å². The monoisotopic (exact) mass is 443 g/mol. The third-order valence-electron chi connectivity index (χ3n) is 6.20. The molecule has 2 aromatic carbocycles. The second-order valence-corrected chi connectivity index (χ2v) is 8.59. The molecule has 170 valence electrons. The Morgan fingerprint density at radius 1 is 0.970 bits per heavy atom. The fourth-order valence-electron chi connectivity index (χ4n) is 4.17. The van der Waals surface area contributed by atoms with Gasteiger partial charge < -0.3 is 15.4 Å². The molecule has 2 amide bonds. The molecule has 0 saturated carbocycles. The molecule has 1 atom stereocenters. The molecule has 2 N–H and O–H groups in total. The van der Waals surface area contributed by atoms with E-state index in [-0.39, 0.29) is 5.91 Å². The maximum absolute atomic E-state index is 12.8. The van der Waals surface area contributed by atoms with E-state index in [1.54, 1.807) is 12.1 Å². The number of amides is 2. The number of likely N-dealkylation sites (tertiary alicyclic amines) is 1.